The predicted molar refractivity (Wildman–Crippen MR) is 69.5 cm³/mol. The van der Waals surface area contributed by atoms with Crippen molar-refractivity contribution in [3.8, 4) is 0 Å². The van der Waals surface area contributed by atoms with Crippen LogP contribution in [0.1, 0.15) is 18.5 Å². The Balaban J connectivity index is 2.44. The van der Waals surface area contributed by atoms with Gasteiger partial charge in [-0.25, -0.2) is 13.2 Å². The monoisotopic (exact) mass is 283 g/mol. The largest absolute Gasteiger partial charge is 0.324 e. The maximum Gasteiger partial charge on any atom is 0.137 e. The molecule has 0 heterocycles. The second-order valence-corrected chi connectivity index (χ2v) is 5.20. The maximum atomic E-state index is 13.7. The Labute approximate surface area is 113 Å². The van der Waals surface area contributed by atoms with Gasteiger partial charge in [-0.15, -0.1) is 0 Å². The summed E-state index contributed by atoms with van der Waals surface area (Å²) in [7, 11) is 0. The van der Waals surface area contributed by atoms with Gasteiger partial charge in [0.25, 0.3) is 0 Å². The van der Waals surface area contributed by atoms with Crippen LogP contribution in [0.4, 0.5) is 13.2 Å². The van der Waals surface area contributed by atoms with E-state index in [-0.39, 0.29) is 4.90 Å². The summed E-state index contributed by atoms with van der Waals surface area (Å²) < 4.78 is 40.4. The zero-order chi connectivity index (χ0) is 14.0. The molecule has 0 aromatic heterocycles. The number of nitrogens with two attached hydrogens (primary N) is 1. The molecule has 0 radical (unpaired) electrons. The lowest BCUT2D eigenvalue weighted by Gasteiger charge is -2.13. The van der Waals surface area contributed by atoms with E-state index in [0.29, 0.717) is 10.5 Å². The summed E-state index contributed by atoms with van der Waals surface area (Å²) in [6.07, 6.45) is 0. The van der Waals surface area contributed by atoms with Crippen molar-refractivity contribution in [1.82, 2.24) is 0 Å². The van der Waals surface area contributed by atoms with Crippen molar-refractivity contribution in [3.63, 3.8) is 0 Å². The summed E-state index contributed by atoms with van der Waals surface area (Å²) in [6, 6.07) is 7.08. The highest BCUT2D eigenvalue weighted by atomic mass is 32.2. The van der Waals surface area contributed by atoms with Crippen LogP contribution in [0.3, 0.4) is 0 Å². The van der Waals surface area contributed by atoms with E-state index in [1.807, 2.05) is 0 Å². The molecule has 0 aliphatic heterocycles. The normalized spacial score (nSPS) is 12.5. The Kier molecular flexibility index (Phi) is 4.17. The number of hydrogen-bond acceptors (Lipinski definition) is 2. The van der Waals surface area contributed by atoms with Gasteiger partial charge in [0.15, 0.2) is 0 Å². The smallest absolute Gasteiger partial charge is 0.137 e. The van der Waals surface area contributed by atoms with Crippen LogP contribution in [-0.4, -0.2) is 0 Å². The first-order chi connectivity index (χ1) is 8.99. The zero-order valence-electron chi connectivity index (χ0n) is 10.2. The molecule has 0 amide bonds. The third kappa shape index (κ3) is 3.11. The molecule has 2 aromatic rings. The molecular weight excluding hydrogens is 271 g/mol. The minimum atomic E-state index is -0.550. The van der Waals surface area contributed by atoms with Crippen molar-refractivity contribution >= 4 is 11.8 Å². The highest BCUT2D eigenvalue weighted by Crippen LogP contribution is 2.35. The topological polar surface area (TPSA) is 26.0 Å². The van der Waals surface area contributed by atoms with Crippen LogP contribution in [-0.2, 0) is 0 Å². The summed E-state index contributed by atoms with van der Waals surface area (Å²) in [4.78, 5) is 0.590. The fourth-order valence-corrected chi connectivity index (χ4v) is 2.84. The van der Waals surface area contributed by atoms with Gasteiger partial charge in [-0.1, -0.05) is 17.8 Å². The lowest BCUT2D eigenvalue weighted by molar-refractivity contribution is 0.575. The van der Waals surface area contributed by atoms with E-state index in [2.05, 4.69) is 0 Å². The van der Waals surface area contributed by atoms with Gasteiger partial charge in [0.2, 0.25) is 0 Å². The molecule has 0 saturated heterocycles. The van der Waals surface area contributed by atoms with Crippen LogP contribution in [0, 0.1) is 17.5 Å². The van der Waals surface area contributed by atoms with Crippen molar-refractivity contribution in [2.24, 2.45) is 5.73 Å². The third-order valence-electron chi connectivity index (χ3n) is 2.58. The lowest BCUT2D eigenvalue weighted by Crippen LogP contribution is -2.09. The number of halogens is 3. The first-order valence-corrected chi connectivity index (χ1v) is 6.47. The first kappa shape index (κ1) is 14.0. The van der Waals surface area contributed by atoms with Gasteiger partial charge in [-0.3, -0.25) is 0 Å². The molecule has 0 bridgehead atoms. The van der Waals surface area contributed by atoms with Crippen LogP contribution in [0.2, 0.25) is 0 Å². The number of benzene rings is 2. The van der Waals surface area contributed by atoms with Crippen LogP contribution >= 0.6 is 11.8 Å². The van der Waals surface area contributed by atoms with Gasteiger partial charge in [0, 0.05) is 16.5 Å². The third-order valence-corrected chi connectivity index (χ3v) is 3.69. The van der Waals surface area contributed by atoms with Crippen LogP contribution < -0.4 is 5.73 Å². The summed E-state index contributed by atoms with van der Waals surface area (Å²) >= 11 is 0.962. The highest BCUT2D eigenvalue weighted by Gasteiger charge is 2.15. The minimum absolute atomic E-state index is 0.104. The minimum Gasteiger partial charge on any atom is -0.324 e. The van der Waals surface area contributed by atoms with Gasteiger partial charge in [-0.05, 0) is 37.3 Å². The molecule has 0 spiro atoms. The maximum absolute atomic E-state index is 13.7. The average Bonchev–Trinajstić information content (AvgIpc) is 2.33. The molecule has 0 aliphatic carbocycles. The van der Waals surface area contributed by atoms with E-state index in [1.54, 1.807) is 13.0 Å². The number of rotatable bonds is 3. The molecule has 2 aromatic carbocycles. The quantitative estimate of drug-likeness (QED) is 0.910. The Hall–Kier alpha value is -1.46. The van der Waals surface area contributed by atoms with Gasteiger partial charge in [-0.2, -0.15) is 0 Å². The SMILES string of the molecule is C[C@@H](N)c1c(F)cccc1Sc1cc(F)ccc1F. The van der Waals surface area contributed by atoms with Crippen LogP contribution in [0.5, 0.6) is 0 Å². The average molecular weight is 283 g/mol. The fraction of sp³-hybridized carbons (Fsp3) is 0.143. The molecule has 0 saturated carbocycles. The van der Waals surface area contributed by atoms with E-state index in [1.165, 1.54) is 12.1 Å². The number of hydrogen-bond donors (Lipinski definition) is 1. The molecule has 1 nitrogen and oxygen atoms in total. The summed E-state index contributed by atoms with van der Waals surface area (Å²) in [5.74, 6) is -1.54. The molecule has 2 N–H and O–H groups in total. The molecule has 100 valence electrons. The molecular formula is C14H12F3NS. The van der Waals surface area contributed by atoms with Gasteiger partial charge in [0.1, 0.15) is 17.5 Å². The molecule has 0 aliphatic rings. The summed E-state index contributed by atoms with van der Waals surface area (Å²) in [5.41, 5.74) is 6.02. The fourth-order valence-electron chi connectivity index (χ4n) is 1.72. The molecule has 19 heavy (non-hydrogen) atoms. The summed E-state index contributed by atoms with van der Waals surface area (Å²) in [5, 5.41) is 0. The Bertz CT molecular complexity index is 599. The van der Waals surface area contributed by atoms with E-state index in [0.717, 1.165) is 30.0 Å². The van der Waals surface area contributed by atoms with E-state index in [9.17, 15) is 13.2 Å². The van der Waals surface area contributed by atoms with Crippen molar-refractivity contribution in [2.75, 3.05) is 0 Å². The van der Waals surface area contributed by atoms with Gasteiger partial charge >= 0.3 is 0 Å². The Morgan fingerprint density at radius 2 is 1.74 bits per heavy atom. The second-order valence-electron chi connectivity index (χ2n) is 4.12. The van der Waals surface area contributed by atoms with Crippen molar-refractivity contribution in [2.45, 2.75) is 22.8 Å². The highest BCUT2D eigenvalue weighted by molar-refractivity contribution is 7.99. The van der Waals surface area contributed by atoms with Crippen molar-refractivity contribution in [1.29, 1.82) is 0 Å². The van der Waals surface area contributed by atoms with E-state index < -0.39 is 23.5 Å². The predicted octanol–water partition coefficient (Wildman–Crippen LogP) is 4.27. The zero-order valence-corrected chi connectivity index (χ0v) is 11.0. The van der Waals surface area contributed by atoms with Crippen molar-refractivity contribution in [3.05, 3.63) is 59.4 Å². The molecule has 0 unspecified atom stereocenters. The molecule has 1 atom stereocenters. The Morgan fingerprint density at radius 1 is 1.00 bits per heavy atom. The van der Waals surface area contributed by atoms with Crippen molar-refractivity contribution < 1.29 is 13.2 Å². The van der Waals surface area contributed by atoms with E-state index >= 15 is 0 Å². The molecule has 0 fully saturated rings. The lowest BCUT2D eigenvalue weighted by atomic mass is 10.1. The molecule has 2 rings (SSSR count). The Morgan fingerprint density at radius 3 is 2.42 bits per heavy atom. The second kappa shape index (κ2) is 5.67. The van der Waals surface area contributed by atoms with Gasteiger partial charge < -0.3 is 5.73 Å². The van der Waals surface area contributed by atoms with E-state index in [4.69, 9.17) is 5.73 Å². The van der Waals surface area contributed by atoms with Crippen LogP contribution in [0.15, 0.2) is 46.2 Å². The summed E-state index contributed by atoms with van der Waals surface area (Å²) in [6.45, 7) is 1.64. The van der Waals surface area contributed by atoms with Crippen LogP contribution in [0.25, 0.3) is 0 Å². The standard InChI is InChI=1S/C14H12F3NS/c1-8(18)14-11(17)3-2-4-12(14)19-13-7-9(15)5-6-10(13)16/h2-8H,18H2,1H3/t8-/m1/s1. The van der Waals surface area contributed by atoms with Gasteiger partial charge in [0.05, 0.1) is 4.90 Å². The first-order valence-electron chi connectivity index (χ1n) is 5.66. The molecule has 5 heteroatoms.